The van der Waals surface area contributed by atoms with Crippen LogP contribution < -0.4 is 11.1 Å². The third-order valence-electron chi connectivity index (χ3n) is 1.99. The van der Waals surface area contributed by atoms with Crippen LogP contribution in [-0.2, 0) is 9.53 Å². The molecule has 0 saturated carbocycles. The lowest BCUT2D eigenvalue weighted by Gasteiger charge is -2.26. The van der Waals surface area contributed by atoms with Crippen molar-refractivity contribution in [2.24, 2.45) is 11.7 Å². The fourth-order valence-corrected chi connectivity index (χ4v) is 1.31. The third kappa shape index (κ3) is 1.65. The lowest BCUT2D eigenvalue weighted by Crippen LogP contribution is -2.45. The SMILES string of the molecule is COC1C=C(C)NC(=O)C1CN. The van der Waals surface area contributed by atoms with Crippen LogP contribution in [0.4, 0.5) is 0 Å². The average Bonchev–Trinajstić information content (AvgIpc) is 2.03. The molecule has 0 bridgehead atoms. The summed E-state index contributed by atoms with van der Waals surface area (Å²) in [4.78, 5) is 11.3. The standard InChI is InChI=1S/C8H14N2O2/c1-5-3-7(12-2)6(4-9)8(11)10-5/h3,6-7H,4,9H2,1-2H3,(H,10,11). The number of ether oxygens (including phenoxy) is 1. The van der Waals surface area contributed by atoms with Crippen molar-refractivity contribution >= 4 is 5.91 Å². The van der Waals surface area contributed by atoms with E-state index in [4.69, 9.17) is 10.5 Å². The average molecular weight is 170 g/mol. The first kappa shape index (κ1) is 9.22. The van der Waals surface area contributed by atoms with E-state index in [1.807, 2.05) is 13.0 Å². The summed E-state index contributed by atoms with van der Waals surface area (Å²) in [6, 6.07) is 0. The quantitative estimate of drug-likeness (QED) is 0.593. The van der Waals surface area contributed by atoms with Crippen LogP contribution in [0.15, 0.2) is 11.8 Å². The Balaban J connectivity index is 2.80. The first-order valence-electron chi connectivity index (χ1n) is 3.91. The number of amides is 1. The van der Waals surface area contributed by atoms with Gasteiger partial charge in [0.2, 0.25) is 5.91 Å². The van der Waals surface area contributed by atoms with E-state index in [1.54, 1.807) is 7.11 Å². The highest BCUT2D eigenvalue weighted by atomic mass is 16.5. The first-order chi connectivity index (χ1) is 5.69. The summed E-state index contributed by atoms with van der Waals surface area (Å²) in [6.07, 6.45) is 1.70. The molecule has 3 N–H and O–H groups in total. The minimum absolute atomic E-state index is 0.0515. The Labute approximate surface area is 71.8 Å². The Morgan fingerprint density at radius 3 is 2.92 bits per heavy atom. The molecule has 1 heterocycles. The lowest BCUT2D eigenvalue weighted by molar-refractivity contribution is -0.128. The van der Waals surface area contributed by atoms with Crippen LogP contribution in [0.5, 0.6) is 0 Å². The monoisotopic (exact) mass is 170 g/mol. The predicted octanol–water partition coefficient (Wildman–Crippen LogP) is -0.390. The second kappa shape index (κ2) is 3.69. The lowest BCUT2D eigenvalue weighted by atomic mass is 9.97. The van der Waals surface area contributed by atoms with Crippen molar-refractivity contribution in [3.63, 3.8) is 0 Å². The number of carbonyl (C=O) groups is 1. The molecule has 0 aromatic rings. The van der Waals surface area contributed by atoms with Gasteiger partial charge in [-0.15, -0.1) is 0 Å². The van der Waals surface area contributed by atoms with Crippen molar-refractivity contribution in [2.75, 3.05) is 13.7 Å². The van der Waals surface area contributed by atoms with Crippen LogP contribution in [0.3, 0.4) is 0 Å². The molecule has 0 saturated heterocycles. The van der Waals surface area contributed by atoms with E-state index in [0.29, 0.717) is 6.54 Å². The van der Waals surface area contributed by atoms with Crippen LogP contribution in [-0.4, -0.2) is 25.7 Å². The molecule has 4 nitrogen and oxygen atoms in total. The van der Waals surface area contributed by atoms with Gasteiger partial charge in [0.15, 0.2) is 0 Å². The second-order valence-electron chi connectivity index (χ2n) is 2.88. The molecule has 1 aliphatic rings. The maximum Gasteiger partial charge on any atom is 0.231 e. The van der Waals surface area contributed by atoms with Gasteiger partial charge in [0.05, 0.1) is 12.0 Å². The van der Waals surface area contributed by atoms with Crippen molar-refractivity contribution in [3.05, 3.63) is 11.8 Å². The van der Waals surface area contributed by atoms with Gasteiger partial charge in [-0.2, -0.15) is 0 Å². The van der Waals surface area contributed by atoms with Gasteiger partial charge in [0.1, 0.15) is 0 Å². The van der Waals surface area contributed by atoms with Crippen molar-refractivity contribution in [1.82, 2.24) is 5.32 Å². The Bertz CT molecular complexity index is 213. The van der Waals surface area contributed by atoms with Gasteiger partial charge in [-0.05, 0) is 13.0 Å². The van der Waals surface area contributed by atoms with Crippen LogP contribution in [0.25, 0.3) is 0 Å². The van der Waals surface area contributed by atoms with Crippen molar-refractivity contribution in [1.29, 1.82) is 0 Å². The van der Waals surface area contributed by atoms with Crippen LogP contribution >= 0.6 is 0 Å². The normalized spacial score (nSPS) is 29.6. The van der Waals surface area contributed by atoms with Crippen molar-refractivity contribution in [2.45, 2.75) is 13.0 Å². The summed E-state index contributed by atoms with van der Waals surface area (Å²) in [5.41, 5.74) is 6.27. The summed E-state index contributed by atoms with van der Waals surface area (Å²) >= 11 is 0. The van der Waals surface area contributed by atoms with E-state index in [0.717, 1.165) is 5.70 Å². The van der Waals surface area contributed by atoms with Gasteiger partial charge in [-0.1, -0.05) is 0 Å². The topological polar surface area (TPSA) is 64.3 Å². The van der Waals surface area contributed by atoms with E-state index in [-0.39, 0.29) is 17.9 Å². The molecule has 0 fully saturated rings. The van der Waals surface area contributed by atoms with Gasteiger partial charge in [0, 0.05) is 19.4 Å². The molecule has 1 amide bonds. The smallest absolute Gasteiger partial charge is 0.231 e. The maximum absolute atomic E-state index is 11.3. The number of hydrogen-bond acceptors (Lipinski definition) is 3. The molecule has 0 aromatic carbocycles. The molecular weight excluding hydrogens is 156 g/mol. The Morgan fingerprint density at radius 2 is 2.42 bits per heavy atom. The molecule has 0 aromatic heterocycles. The van der Waals surface area contributed by atoms with Gasteiger partial charge < -0.3 is 15.8 Å². The minimum Gasteiger partial charge on any atom is -0.376 e. The predicted molar refractivity (Wildman–Crippen MR) is 45.2 cm³/mol. The zero-order valence-corrected chi connectivity index (χ0v) is 7.33. The van der Waals surface area contributed by atoms with Crippen molar-refractivity contribution in [3.8, 4) is 0 Å². The summed E-state index contributed by atoms with van der Waals surface area (Å²) in [6.45, 7) is 2.14. The molecule has 12 heavy (non-hydrogen) atoms. The summed E-state index contributed by atoms with van der Waals surface area (Å²) in [5.74, 6) is -0.303. The number of methoxy groups -OCH3 is 1. The number of allylic oxidation sites excluding steroid dienone is 1. The highest BCUT2D eigenvalue weighted by Gasteiger charge is 2.29. The molecular formula is C8H14N2O2. The summed E-state index contributed by atoms with van der Waals surface area (Å²) in [5, 5.41) is 2.71. The molecule has 0 radical (unpaired) electrons. The highest BCUT2D eigenvalue weighted by Crippen LogP contribution is 2.14. The molecule has 0 spiro atoms. The van der Waals surface area contributed by atoms with E-state index < -0.39 is 0 Å². The summed E-state index contributed by atoms with van der Waals surface area (Å²) < 4.78 is 5.12. The maximum atomic E-state index is 11.3. The molecule has 1 aliphatic heterocycles. The zero-order valence-electron chi connectivity index (χ0n) is 7.33. The van der Waals surface area contributed by atoms with Crippen LogP contribution in [0.1, 0.15) is 6.92 Å². The van der Waals surface area contributed by atoms with Gasteiger partial charge >= 0.3 is 0 Å². The van der Waals surface area contributed by atoms with E-state index in [1.165, 1.54) is 0 Å². The Hall–Kier alpha value is -0.870. The highest BCUT2D eigenvalue weighted by molar-refractivity contribution is 5.82. The van der Waals surface area contributed by atoms with Crippen LogP contribution in [0, 0.1) is 5.92 Å². The molecule has 2 atom stereocenters. The van der Waals surface area contributed by atoms with E-state index in [9.17, 15) is 4.79 Å². The van der Waals surface area contributed by atoms with Gasteiger partial charge in [-0.3, -0.25) is 4.79 Å². The Morgan fingerprint density at radius 1 is 1.75 bits per heavy atom. The first-order valence-corrected chi connectivity index (χ1v) is 3.91. The molecule has 0 aliphatic carbocycles. The second-order valence-corrected chi connectivity index (χ2v) is 2.88. The summed E-state index contributed by atoms with van der Waals surface area (Å²) in [7, 11) is 1.58. The molecule has 2 unspecified atom stereocenters. The van der Waals surface area contributed by atoms with E-state index >= 15 is 0 Å². The van der Waals surface area contributed by atoms with E-state index in [2.05, 4.69) is 5.32 Å². The van der Waals surface area contributed by atoms with Crippen molar-refractivity contribution < 1.29 is 9.53 Å². The number of carbonyl (C=O) groups excluding carboxylic acids is 1. The third-order valence-corrected chi connectivity index (χ3v) is 1.99. The number of hydrogen-bond donors (Lipinski definition) is 2. The Kier molecular flexibility index (Phi) is 2.83. The number of nitrogens with two attached hydrogens (primary N) is 1. The minimum atomic E-state index is -0.251. The molecule has 1 rings (SSSR count). The largest absolute Gasteiger partial charge is 0.376 e. The fourth-order valence-electron chi connectivity index (χ4n) is 1.31. The van der Waals surface area contributed by atoms with Gasteiger partial charge in [0.25, 0.3) is 0 Å². The molecule has 68 valence electrons. The molecule has 4 heteroatoms. The van der Waals surface area contributed by atoms with Gasteiger partial charge in [-0.25, -0.2) is 0 Å². The number of nitrogens with one attached hydrogen (secondary N) is 1. The van der Waals surface area contributed by atoms with Crippen LogP contribution in [0.2, 0.25) is 0 Å². The number of rotatable bonds is 2. The fraction of sp³-hybridized carbons (Fsp3) is 0.625. The zero-order chi connectivity index (χ0) is 9.14.